The first-order valence-corrected chi connectivity index (χ1v) is 5.13. The van der Waals surface area contributed by atoms with Crippen molar-refractivity contribution in [1.82, 2.24) is 5.48 Å². The van der Waals surface area contributed by atoms with E-state index in [0.29, 0.717) is 13.0 Å². The zero-order valence-electron chi connectivity index (χ0n) is 8.98. The van der Waals surface area contributed by atoms with Crippen LogP contribution in [0.3, 0.4) is 0 Å². The van der Waals surface area contributed by atoms with E-state index in [1.54, 1.807) is 5.48 Å². The van der Waals surface area contributed by atoms with Crippen LogP contribution in [0.15, 0.2) is 0 Å². The third-order valence-corrected chi connectivity index (χ3v) is 1.78. The number of amides is 1. The summed E-state index contributed by atoms with van der Waals surface area (Å²) >= 11 is 0. The summed E-state index contributed by atoms with van der Waals surface area (Å²) in [7, 11) is 0. The lowest BCUT2D eigenvalue weighted by atomic mass is 10.1. The van der Waals surface area contributed by atoms with Gasteiger partial charge in [-0.05, 0) is 19.4 Å². The maximum atomic E-state index is 11.6. The molecular formula is C9H17F3N2O2. The van der Waals surface area contributed by atoms with Gasteiger partial charge in [0.15, 0.2) is 6.61 Å². The third kappa shape index (κ3) is 11.3. The van der Waals surface area contributed by atoms with Crippen molar-refractivity contribution in [2.24, 2.45) is 5.73 Å². The number of unbranched alkanes of at least 4 members (excludes halogenated alkanes) is 3. The van der Waals surface area contributed by atoms with E-state index in [1.165, 1.54) is 0 Å². The molecule has 0 aromatic heterocycles. The highest BCUT2D eigenvalue weighted by atomic mass is 19.4. The molecule has 0 fully saturated rings. The summed E-state index contributed by atoms with van der Waals surface area (Å²) in [5.41, 5.74) is 7.02. The summed E-state index contributed by atoms with van der Waals surface area (Å²) in [5.74, 6) is -0.531. The first kappa shape index (κ1) is 15.2. The Hall–Kier alpha value is -0.820. The summed E-state index contributed by atoms with van der Waals surface area (Å²) < 4.78 is 34.8. The number of halogens is 3. The van der Waals surface area contributed by atoms with Gasteiger partial charge in [0, 0.05) is 6.42 Å². The van der Waals surface area contributed by atoms with Crippen molar-refractivity contribution in [2.45, 2.75) is 38.3 Å². The number of nitrogens with one attached hydrogen (secondary N) is 1. The minimum atomic E-state index is -4.42. The molecule has 0 spiro atoms. The van der Waals surface area contributed by atoms with E-state index in [9.17, 15) is 18.0 Å². The van der Waals surface area contributed by atoms with Crippen LogP contribution in [-0.2, 0) is 9.63 Å². The predicted octanol–water partition coefficient (Wildman–Crippen LogP) is 1.51. The zero-order chi connectivity index (χ0) is 12.4. The molecule has 0 aliphatic rings. The first-order chi connectivity index (χ1) is 7.45. The molecule has 0 atom stereocenters. The van der Waals surface area contributed by atoms with Gasteiger partial charge in [0.1, 0.15) is 0 Å². The van der Waals surface area contributed by atoms with Gasteiger partial charge < -0.3 is 5.73 Å². The lowest BCUT2D eigenvalue weighted by Gasteiger charge is -2.08. The standard InChI is InChI=1S/C9H17F3N2O2/c10-9(11,12)7-16-14-8(15)5-3-1-2-4-6-13/h1-7,13H2,(H,14,15). The molecular weight excluding hydrogens is 225 g/mol. The van der Waals surface area contributed by atoms with Crippen LogP contribution in [0.25, 0.3) is 0 Å². The molecule has 0 saturated carbocycles. The minimum Gasteiger partial charge on any atom is -0.330 e. The summed E-state index contributed by atoms with van der Waals surface area (Å²) in [4.78, 5) is 14.9. The van der Waals surface area contributed by atoms with E-state index < -0.39 is 18.7 Å². The van der Waals surface area contributed by atoms with Crippen LogP contribution in [-0.4, -0.2) is 25.2 Å². The van der Waals surface area contributed by atoms with E-state index in [4.69, 9.17) is 5.73 Å². The predicted molar refractivity (Wildman–Crippen MR) is 52.3 cm³/mol. The molecule has 1 amide bonds. The number of hydroxylamine groups is 1. The monoisotopic (exact) mass is 242 g/mol. The van der Waals surface area contributed by atoms with Gasteiger partial charge >= 0.3 is 6.18 Å². The Kier molecular flexibility index (Phi) is 7.92. The maximum Gasteiger partial charge on any atom is 0.414 e. The van der Waals surface area contributed by atoms with Gasteiger partial charge in [-0.25, -0.2) is 5.48 Å². The molecule has 0 unspecified atom stereocenters. The minimum absolute atomic E-state index is 0.169. The van der Waals surface area contributed by atoms with Gasteiger partial charge in [-0.15, -0.1) is 0 Å². The van der Waals surface area contributed by atoms with Crippen molar-refractivity contribution in [3.63, 3.8) is 0 Å². The fourth-order valence-electron chi connectivity index (χ4n) is 1.03. The SMILES string of the molecule is NCCCCCCC(=O)NOCC(F)(F)F. The van der Waals surface area contributed by atoms with E-state index >= 15 is 0 Å². The molecule has 0 aliphatic carbocycles. The van der Waals surface area contributed by atoms with Crippen LogP contribution in [0.2, 0.25) is 0 Å². The molecule has 0 bridgehead atoms. The quantitative estimate of drug-likeness (QED) is 0.501. The largest absolute Gasteiger partial charge is 0.414 e. The van der Waals surface area contributed by atoms with Crippen molar-refractivity contribution >= 4 is 5.91 Å². The highest BCUT2D eigenvalue weighted by Crippen LogP contribution is 2.13. The lowest BCUT2D eigenvalue weighted by Crippen LogP contribution is -2.29. The molecule has 0 rings (SSSR count). The average molecular weight is 242 g/mol. The fourth-order valence-corrected chi connectivity index (χ4v) is 1.03. The van der Waals surface area contributed by atoms with Crippen LogP contribution < -0.4 is 11.2 Å². The Labute approximate surface area is 92.3 Å². The lowest BCUT2D eigenvalue weighted by molar-refractivity contribution is -0.191. The van der Waals surface area contributed by atoms with Crippen LogP contribution in [0.5, 0.6) is 0 Å². The molecule has 0 radical (unpaired) electrons. The van der Waals surface area contributed by atoms with Gasteiger partial charge in [0.2, 0.25) is 5.91 Å². The van der Waals surface area contributed by atoms with Crippen LogP contribution >= 0.6 is 0 Å². The Bertz CT molecular complexity index is 198. The molecule has 7 heteroatoms. The average Bonchev–Trinajstić information content (AvgIpc) is 2.15. The van der Waals surface area contributed by atoms with Gasteiger partial charge in [-0.1, -0.05) is 12.8 Å². The van der Waals surface area contributed by atoms with Crippen molar-refractivity contribution < 1.29 is 22.8 Å². The van der Waals surface area contributed by atoms with E-state index in [0.717, 1.165) is 19.3 Å². The number of carbonyl (C=O) groups is 1. The fraction of sp³-hybridized carbons (Fsp3) is 0.889. The van der Waals surface area contributed by atoms with Crippen LogP contribution in [0.4, 0.5) is 13.2 Å². The number of hydrogen-bond acceptors (Lipinski definition) is 3. The summed E-state index contributed by atoms with van der Waals surface area (Å²) in [6.45, 7) is -0.854. The molecule has 4 nitrogen and oxygen atoms in total. The maximum absolute atomic E-state index is 11.6. The van der Waals surface area contributed by atoms with Gasteiger partial charge in [0.05, 0.1) is 0 Å². The molecule has 0 aromatic rings. The van der Waals surface area contributed by atoms with Crippen LogP contribution in [0, 0.1) is 0 Å². The van der Waals surface area contributed by atoms with Gasteiger partial charge in [0.25, 0.3) is 0 Å². The molecule has 0 aliphatic heterocycles. The summed E-state index contributed by atoms with van der Waals surface area (Å²) in [6, 6.07) is 0. The normalized spacial score (nSPS) is 11.5. The molecule has 3 N–H and O–H groups in total. The summed E-state index contributed by atoms with van der Waals surface area (Å²) in [5, 5.41) is 0. The van der Waals surface area contributed by atoms with E-state index in [2.05, 4.69) is 4.84 Å². The van der Waals surface area contributed by atoms with Crippen molar-refractivity contribution in [3.05, 3.63) is 0 Å². The molecule has 0 saturated heterocycles. The van der Waals surface area contributed by atoms with Gasteiger partial charge in [-0.2, -0.15) is 13.2 Å². The Balaban J connectivity index is 3.32. The highest BCUT2D eigenvalue weighted by molar-refractivity contribution is 5.74. The third-order valence-electron chi connectivity index (χ3n) is 1.78. The first-order valence-electron chi connectivity index (χ1n) is 5.13. The van der Waals surface area contributed by atoms with Crippen molar-refractivity contribution in [2.75, 3.05) is 13.2 Å². The highest BCUT2D eigenvalue weighted by Gasteiger charge is 2.28. The Morgan fingerprint density at radius 1 is 1.19 bits per heavy atom. The van der Waals surface area contributed by atoms with E-state index in [1.807, 2.05) is 0 Å². The van der Waals surface area contributed by atoms with Crippen LogP contribution in [0.1, 0.15) is 32.1 Å². The molecule has 0 heterocycles. The second-order valence-corrected chi connectivity index (χ2v) is 3.38. The number of alkyl halides is 3. The zero-order valence-corrected chi connectivity index (χ0v) is 8.98. The Morgan fingerprint density at radius 3 is 2.38 bits per heavy atom. The number of hydrogen-bond donors (Lipinski definition) is 2. The number of carbonyl (C=O) groups excluding carboxylic acids is 1. The topological polar surface area (TPSA) is 64.4 Å². The number of rotatable bonds is 8. The smallest absolute Gasteiger partial charge is 0.330 e. The second-order valence-electron chi connectivity index (χ2n) is 3.38. The van der Waals surface area contributed by atoms with Crippen molar-refractivity contribution in [1.29, 1.82) is 0 Å². The molecule has 16 heavy (non-hydrogen) atoms. The van der Waals surface area contributed by atoms with E-state index in [-0.39, 0.29) is 6.42 Å². The Morgan fingerprint density at radius 2 is 1.81 bits per heavy atom. The number of nitrogens with two attached hydrogens (primary N) is 1. The van der Waals surface area contributed by atoms with Gasteiger partial charge in [-0.3, -0.25) is 9.63 Å². The summed E-state index contributed by atoms with van der Waals surface area (Å²) in [6.07, 6.45) is -0.971. The van der Waals surface area contributed by atoms with Crippen molar-refractivity contribution in [3.8, 4) is 0 Å². The molecule has 96 valence electrons. The second kappa shape index (κ2) is 8.35. The molecule has 0 aromatic carbocycles.